The van der Waals surface area contributed by atoms with Crippen molar-refractivity contribution in [3.63, 3.8) is 0 Å². The summed E-state index contributed by atoms with van der Waals surface area (Å²) in [5.41, 5.74) is 0.722. The summed E-state index contributed by atoms with van der Waals surface area (Å²) in [4.78, 5) is 15.6. The Hall–Kier alpha value is -2.17. The minimum absolute atomic E-state index is 0.160. The fourth-order valence-electron chi connectivity index (χ4n) is 1.28. The van der Waals surface area contributed by atoms with Gasteiger partial charge in [0.05, 0.1) is 6.42 Å². The Labute approximate surface area is 92.5 Å². The van der Waals surface area contributed by atoms with Gasteiger partial charge >= 0.3 is 0 Å². The third kappa shape index (κ3) is 2.66. The number of nitrogens with one attached hydrogen (secondary N) is 1. The second-order valence-electron chi connectivity index (χ2n) is 3.37. The second-order valence-corrected chi connectivity index (χ2v) is 3.37. The zero-order valence-corrected chi connectivity index (χ0v) is 8.80. The Bertz CT molecular complexity index is 479. The summed E-state index contributed by atoms with van der Waals surface area (Å²) in [7, 11) is 0. The molecule has 5 heteroatoms. The molecule has 0 bridgehead atoms. The molecule has 0 aromatic carbocycles. The van der Waals surface area contributed by atoms with E-state index in [0.717, 1.165) is 5.69 Å². The predicted molar refractivity (Wildman–Crippen MR) is 57.8 cm³/mol. The SMILES string of the molecule is Cc1cc(NC(=O)Cc2ccccn2)no1. The Morgan fingerprint density at radius 3 is 3.00 bits per heavy atom. The van der Waals surface area contributed by atoms with Crippen LogP contribution in [0.1, 0.15) is 11.5 Å². The molecule has 0 aliphatic heterocycles. The van der Waals surface area contributed by atoms with Gasteiger partial charge in [0.1, 0.15) is 5.76 Å². The van der Waals surface area contributed by atoms with E-state index in [-0.39, 0.29) is 12.3 Å². The van der Waals surface area contributed by atoms with Crippen LogP contribution in [0.25, 0.3) is 0 Å². The maximum Gasteiger partial charge on any atom is 0.231 e. The first-order valence-corrected chi connectivity index (χ1v) is 4.87. The van der Waals surface area contributed by atoms with Crippen LogP contribution >= 0.6 is 0 Å². The van der Waals surface area contributed by atoms with E-state index in [4.69, 9.17) is 4.52 Å². The Balaban J connectivity index is 1.95. The lowest BCUT2D eigenvalue weighted by molar-refractivity contribution is -0.115. The van der Waals surface area contributed by atoms with E-state index < -0.39 is 0 Å². The van der Waals surface area contributed by atoms with E-state index in [0.29, 0.717) is 11.6 Å². The highest BCUT2D eigenvalue weighted by molar-refractivity contribution is 5.91. The average molecular weight is 217 g/mol. The van der Waals surface area contributed by atoms with Gasteiger partial charge in [0.2, 0.25) is 5.91 Å². The number of nitrogens with zero attached hydrogens (tertiary/aromatic N) is 2. The Morgan fingerprint density at radius 2 is 2.38 bits per heavy atom. The van der Waals surface area contributed by atoms with Crippen molar-refractivity contribution in [3.05, 3.63) is 41.9 Å². The number of hydrogen-bond acceptors (Lipinski definition) is 4. The summed E-state index contributed by atoms with van der Waals surface area (Å²) >= 11 is 0. The van der Waals surface area contributed by atoms with Crippen LogP contribution in [-0.2, 0) is 11.2 Å². The number of carbonyl (C=O) groups excluding carboxylic acids is 1. The predicted octanol–water partition coefficient (Wildman–Crippen LogP) is 1.56. The summed E-state index contributed by atoms with van der Waals surface area (Å²) < 4.78 is 4.84. The van der Waals surface area contributed by atoms with Gasteiger partial charge in [0.15, 0.2) is 5.82 Å². The zero-order valence-electron chi connectivity index (χ0n) is 8.80. The van der Waals surface area contributed by atoms with Gasteiger partial charge in [-0.2, -0.15) is 0 Å². The summed E-state index contributed by atoms with van der Waals surface area (Å²) in [6, 6.07) is 7.11. The molecule has 0 spiro atoms. The van der Waals surface area contributed by atoms with Crippen molar-refractivity contribution in [2.75, 3.05) is 5.32 Å². The fourth-order valence-corrected chi connectivity index (χ4v) is 1.28. The van der Waals surface area contributed by atoms with Crippen molar-refractivity contribution < 1.29 is 9.32 Å². The molecule has 0 saturated carbocycles. The molecule has 2 heterocycles. The molecule has 5 nitrogen and oxygen atoms in total. The fraction of sp³-hybridized carbons (Fsp3) is 0.182. The smallest absolute Gasteiger partial charge is 0.231 e. The number of hydrogen-bond donors (Lipinski definition) is 1. The molecule has 0 aliphatic carbocycles. The lowest BCUT2D eigenvalue weighted by Gasteiger charge is -2.00. The Kier molecular flexibility index (Phi) is 2.95. The number of aromatic nitrogens is 2. The number of pyridine rings is 1. The first kappa shape index (κ1) is 10.4. The molecular weight excluding hydrogens is 206 g/mol. The molecular formula is C11H11N3O2. The van der Waals surface area contributed by atoms with Crippen LogP contribution in [0.15, 0.2) is 35.0 Å². The topological polar surface area (TPSA) is 68.0 Å². The van der Waals surface area contributed by atoms with Crippen molar-refractivity contribution in [1.82, 2.24) is 10.1 Å². The van der Waals surface area contributed by atoms with Gasteiger partial charge in [-0.05, 0) is 19.1 Å². The number of amides is 1. The molecule has 2 rings (SSSR count). The summed E-state index contributed by atoms with van der Waals surface area (Å²) in [5.74, 6) is 0.929. The lowest BCUT2D eigenvalue weighted by Crippen LogP contribution is -2.15. The molecule has 0 radical (unpaired) electrons. The number of rotatable bonds is 3. The van der Waals surface area contributed by atoms with Crippen LogP contribution in [-0.4, -0.2) is 16.0 Å². The van der Waals surface area contributed by atoms with E-state index >= 15 is 0 Å². The van der Waals surface area contributed by atoms with Crippen LogP contribution in [0.3, 0.4) is 0 Å². The molecule has 1 N–H and O–H groups in total. The molecule has 1 amide bonds. The van der Waals surface area contributed by atoms with E-state index in [2.05, 4.69) is 15.5 Å². The van der Waals surface area contributed by atoms with Crippen molar-refractivity contribution in [1.29, 1.82) is 0 Å². The monoisotopic (exact) mass is 217 g/mol. The summed E-state index contributed by atoms with van der Waals surface area (Å²) in [6.45, 7) is 1.77. The Morgan fingerprint density at radius 1 is 1.50 bits per heavy atom. The third-order valence-corrected chi connectivity index (χ3v) is 1.96. The highest BCUT2D eigenvalue weighted by Gasteiger charge is 2.07. The highest BCUT2D eigenvalue weighted by Crippen LogP contribution is 2.07. The second kappa shape index (κ2) is 4.57. The number of carbonyl (C=O) groups is 1. The standard InChI is InChI=1S/C11H11N3O2/c1-8-6-10(14-16-8)13-11(15)7-9-4-2-3-5-12-9/h2-6H,7H2,1H3,(H,13,14,15). The minimum Gasteiger partial charge on any atom is -0.360 e. The molecule has 0 saturated heterocycles. The van der Waals surface area contributed by atoms with Crippen molar-refractivity contribution in [2.24, 2.45) is 0 Å². The maximum absolute atomic E-state index is 11.6. The third-order valence-electron chi connectivity index (χ3n) is 1.96. The van der Waals surface area contributed by atoms with Crippen LogP contribution in [0.2, 0.25) is 0 Å². The molecule has 0 fully saturated rings. The first-order chi connectivity index (χ1) is 7.74. The van der Waals surface area contributed by atoms with Crippen molar-refractivity contribution >= 4 is 11.7 Å². The van der Waals surface area contributed by atoms with Gasteiger partial charge in [0.25, 0.3) is 0 Å². The quantitative estimate of drug-likeness (QED) is 0.847. The van der Waals surface area contributed by atoms with Crippen LogP contribution in [0, 0.1) is 6.92 Å². The zero-order chi connectivity index (χ0) is 11.4. The first-order valence-electron chi connectivity index (χ1n) is 4.87. The average Bonchev–Trinajstić information content (AvgIpc) is 2.65. The van der Waals surface area contributed by atoms with Gasteiger partial charge in [-0.3, -0.25) is 9.78 Å². The van der Waals surface area contributed by atoms with E-state index in [1.165, 1.54) is 0 Å². The van der Waals surface area contributed by atoms with Gasteiger partial charge in [0, 0.05) is 18.0 Å². The van der Waals surface area contributed by atoms with E-state index in [9.17, 15) is 4.79 Å². The van der Waals surface area contributed by atoms with Crippen LogP contribution in [0.4, 0.5) is 5.82 Å². The van der Waals surface area contributed by atoms with Crippen LogP contribution < -0.4 is 5.32 Å². The van der Waals surface area contributed by atoms with Gasteiger partial charge in [-0.25, -0.2) is 0 Å². The minimum atomic E-state index is -0.160. The van der Waals surface area contributed by atoms with Crippen molar-refractivity contribution in [2.45, 2.75) is 13.3 Å². The van der Waals surface area contributed by atoms with Crippen LogP contribution in [0.5, 0.6) is 0 Å². The van der Waals surface area contributed by atoms with E-state index in [1.807, 2.05) is 12.1 Å². The highest BCUT2D eigenvalue weighted by atomic mass is 16.5. The largest absolute Gasteiger partial charge is 0.360 e. The summed E-state index contributed by atoms with van der Waals surface area (Å²) in [5, 5.41) is 6.30. The molecule has 2 aromatic heterocycles. The molecule has 2 aromatic rings. The lowest BCUT2D eigenvalue weighted by atomic mass is 10.2. The van der Waals surface area contributed by atoms with E-state index in [1.54, 1.807) is 25.3 Å². The molecule has 0 aliphatic rings. The number of anilines is 1. The maximum atomic E-state index is 11.6. The van der Waals surface area contributed by atoms with Crippen molar-refractivity contribution in [3.8, 4) is 0 Å². The van der Waals surface area contributed by atoms with Gasteiger partial charge < -0.3 is 9.84 Å². The van der Waals surface area contributed by atoms with Gasteiger partial charge in [-0.1, -0.05) is 11.2 Å². The molecule has 0 unspecified atom stereocenters. The number of aryl methyl sites for hydroxylation is 1. The molecule has 82 valence electrons. The van der Waals surface area contributed by atoms with Gasteiger partial charge in [-0.15, -0.1) is 0 Å². The normalized spacial score (nSPS) is 10.1. The summed E-state index contributed by atoms with van der Waals surface area (Å²) in [6.07, 6.45) is 1.88. The molecule has 16 heavy (non-hydrogen) atoms. The molecule has 0 atom stereocenters.